The summed E-state index contributed by atoms with van der Waals surface area (Å²) in [6.07, 6.45) is 10.1. The van der Waals surface area contributed by atoms with Crippen molar-refractivity contribution in [3.05, 3.63) is 0 Å². The third kappa shape index (κ3) is 0.834. The van der Waals surface area contributed by atoms with E-state index in [4.69, 9.17) is 5.73 Å². The van der Waals surface area contributed by atoms with Crippen LogP contribution in [0.5, 0.6) is 0 Å². The fraction of sp³-hybridized carbons (Fsp3) is 1.00. The van der Waals surface area contributed by atoms with Crippen molar-refractivity contribution in [3.63, 3.8) is 0 Å². The molecule has 3 saturated carbocycles. The highest BCUT2D eigenvalue weighted by Crippen LogP contribution is 2.60. The lowest BCUT2D eigenvalue weighted by molar-refractivity contribution is 0.187. The van der Waals surface area contributed by atoms with Gasteiger partial charge in [0.15, 0.2) is 0 Å². The molecule has 3 rings (SSSR count). The fourth-order valence-electron chi connectivity index (χ4n) is 3.18. The van der Waals surface area contributed by atoms with E-state index in [0.29, 0.717) is 5.54 Å². The van der Waals surface area contributed by atoms with E-state index in [1.165, 1.54) is 44.9 Å². The van der Waals surface area contributed by atoms with Gasteiger partial charge < -0.3 is 5.73 Å². The first-order valence-electron chi connectivity index (χ1n) is 5.59. The summed E-state index contributed by atoms with van der Waals surface area (Å²) >= 11 is 0. The average Bonchev–Trinajstić information content (AvgIpc) is 2.32. The van der Waals surface area contributed by atoms with Gasteiger partial charge in [-0.15, -0.1) is 0 Å². The highest BCUT2D eigenvalue weighted by molar-refractivity contribution is 5.16. The lowest BCUT2D eigenvalue weighted by atomic mass is 9.73. The predicted octanol–water partition coefficient (Wildman–Crippen LogP) is 2.30. The monoisotopic (exact) mass is 165 g/mol. The van der Waals surface area contributed by atoms with E-state index in [-0.39, 0.29) is 0 Å². The Morgan fingerprint density at radius 2 is 1.67 bits per heavy atom. The summed E-state index contributed by atoms with van der Waals surface area (Å²) < 4.78 is 0. The Kier molecular flexibility index (Phi) is 1.39. The summed E-state index contributed by atoms with van der Waals surface area (Å²) in [4.78, 5) is 0. The number of nitrogens with two attached hydrogens (primary N) is 1. The normalized spacial score (nSPS) is 48.2. The molecule has 2 unspecified atom stereocenters. The molecule has 0 spiro atoms. The molecule has 1 nitrogen and oxygen atoms in total. The summed E-state index contributed by atoms with van der Waals surface area (Å²) in [5, 5.41) is 0. The Bertz CT molecular complexity index is 193. The van der Waals surface area contributed by atoms with Crippen LogP contribution in [0.3, 0.4) is 0 Å². The second-order valence-electron chi connectivity index (χ2n) is 5.24. The number of rotatable bonds is 2. The molecule has 0 aromatic carbocycles. The van der Waals surface area contributed by atoms with E-state index in [0.717, 1.165) is 17.8 Å². The lowest BCUT2D eigenvalue weighted by Gasteiger charge is -2.35. The zero-order valence-electron chi connectivity index (χ0n) is 7.76. The van der Waals surface area contributed by atoms with Crippen LogP contribution in [0.1, 0.15) is 44.9 Å². The summed E-state index contributed by atoms with van der Waals surface area (Å²) in [5.74, 6) is 2.90. The van der Waals surface area contributed by atoms with Gasteiger partial charge in [-0.05, 0) is 37.0 Å². The highest BCUT2D eigenvalue weighted by Gasteiger charge is 2.60. The van der Waals surface area contributed by atoms with Gasteiger partial charge in [-0.2, -0.15) is 0 Å². The van der Waals surface area contributed by atoms with Gasteiger partial charge in [0.2, 0.25) is 0 Å². The first-order valence-corrected chi connectivity index (χ1v) is 5.59. The van der Waals surface area contributed by atoms with E-state index in [1.807, 2.05) is 0 Å². The van der Waals surface area contributed by atoms with Crippen molar-refractivity contribution in [3.8, 4) is 0 Å². The van der Waals surface area contributed by atoms with Crippen molar-refractivity contribution in [2.75, 3.05) is 0 Å². The van der Waals surface area contributed by atoms with Crippen molar-refractivity contribution in [1.82, 2.24) is 0 Å². The third-order valence-electron chi connectivity index (χ3n) is 4.69. The van der Waals surface area contributed by atoms with Gasteiger partial charge >= 0.3 is 0 Å². The Balaban J connectivity index is 1.63. The molecule has 1 heteroatoms. The zero-order chi connectivity index (χ0) is 8.18. The van der Waals surface area contributed by atoms with E-state index in [9.17, 15) is 0 Å². The van der Waals surface area contributed by atoms with E-state index < -0.39 is 0 Å². The Morgan fingerprint density at radius 3 is 2.08 bits per heavy atom. The minimum atomic E-state index is 0.337. The summed E-state index contributed by atoms with van der Waals surface area (Å²) in [6.45, 7) is 0. The van der Waals surface area contributed by atoms with Crippen LogP contribution in [0.2, 0.25) is 0 Å². The molecule has 0 aliphatic heterocycles. The van der Waals surface area contributed by atoms with Crippen molar-refractivity contribution >= 4 is 0 Å². The average molecular weight is 165 g/mol. The predicted molar refractivity (Wildman–Crippen MR) is 49.7 cm³/mol. The number of hydrogen-bond acceptors (Lipinski definition) is 1. The Labute approximate surface area is 74.7 Å². The molecule has 0 aromatic rings. The van der Waals surface area contributed by atoms with Crippen LogP contribution in [0.4, 0.5) is 0 Å². The third-order valence-corrected chi connectivity index (χ3v) is 4.69. The SMILES string of the molecule is NC1(C2CCC2)CC1C1CCC1. The molecule has 0 heterocycles. The second-order valence-corrected chi connectivity index (χ2v) is 5.24. The summed E-state index contributed by atoms with van der Waals surface area (Å²) in [6, 6.07) is 0. The topological polar surface area (TPSA) is 26.0 Å². The maximum atomic E-state index is 6.41. The van der Waals surface area contributed by atoms with Crippen LogP contribution in [0.25, 0.3) is 0 Å². The van der Waals surface area contributed by atoms with Crippen molar-refractivity contribution < 1.29 is 0 Å². The molecular formula is C11H19N. The fourth-order valence-corrected chi connectivity index (χ4v) is 3.18. The maximum Gasteiger partial charge on any atom is 0.0218 e. The van der Waals surface area contributed by atoms with Gasteiger partial charge in [0, 0.05) is 5.54 Å². The first kappa shape index (κ1) is 7.37. The quantitative estimate of drug-likeness (QED) is 0.667. The maximum absolute atomic E-state index is 6.41. The minimum Gasteiger partial charge on any atom is -0.325 e. The molecule has 68 valence electrons. The summed E-state index contributed by atoms with van der Waals surface area (Å²) in [7, 11) is 0. The highest BCUT2D eigenvalue weighted by atomic mass is 14.9. The molecule has 2 atom stereocenters. The molecule has 3 aliphatic rings. The number of hydrogen-bond donors (Lipinski definition) is 1. The zero-order valence-corrected chi connectivity index (χ0v) is 7.76. The van der Waals surface area contributed by atoms with E-state index >= 15 is 0 Å². The van der Waals surface area contributed by atoms with Crippen LogP contribution in [0, 0.1) is 17.8 Å². The van der Waals surface area contributed by atoms with Crippen LogP contribution in [-0.2, 0) is 0 Å². The Morgan fingerprint density at radius 1 is 1.00 bits per heavy atom. The molecule has 0 radical (unpaired) electrons. The standard InChI is InChI=1S/C11H19N/c12-11(9-5-2-6-9)7-10(11)8-3-1-4-8/h8-10H,1-7,12H2. The molecule has 0 amide bonds. The molecule has 12 heavy (non-hydrogen) atoms. The largest absolute Gasteiger partial charge is 0.325 e. The van der Waals surface area contributed by atoms with Crippen LogP contribution in [-0.4, -0.2) is 5.54 Å². The van der Waals surface area contributed by atoms with Gasteiger partial charge in [-0.25, -0.2) is 0 Å². The lowest BCUT2D eigenvalue weighted by Crippen LogP contribution is -2.40. The van der Waals surface area contributed by atoms with Crippen LogP contribution < -0.4 is 5.73 Å². The van der Waals surface area contributed by atoms with Gasteiger partial charge in [-0.1, -0.05) is 25.7 Å². The molecule has 2 N–H and O–H groups in total. The van der Waals surface area contributed by atoms with Crippen LogP contribution >= 0.6 is 0 Å². The van der Waals surface area contributed by atoms with Gasteiger partial charge in [-0.3, -0.25) is 0 Å². The first-order chi connectivity index (χ1) is 5.81. The molecule has 3 aliphatic carbocycles. The summed E-state index contributed by atoms with van der Waals surface area (Å²) in [5.41, 5.74) is 6.74. The van der Waals surface area contributed by atoms with Gasteiger partial charge in [0.05, 0.1) is 0 Å². The van der Waals surface area contributed by atoms with Crippen molar-refractivity contribution in [1.29, 1.82) is 0 Å². The molecule has 0 aromatic heterocycles. The molecule has 3 fully saturated rings. The van der Waals surface area contributed by atoms with Gasteiger partial charge in [0.25, 0.3) is 0 Å². The van der Waals surface area contributed by atoms with Crippen molar-refractivity contribution in [2.24, 2.45) is 23.5 Å². The smallest absolute Gasteiger partial charge is 0.0218 e. The van der Waals surface area contributed by atoms with Crippen LogP contribution in [0.15, 0.2) is 0 Å². The van der Waals surface area contributed by atoms with Crippen molar-refractivity contribution in [2.45, 2.75) is 50.5 Å². The molecule has 0 saturated heterocycles. The Hall–Kier alpha value is -0.0400. The molecular weight excluding hydrogens is 146 g/mol. The van der Waals surface area contributed by atoms with Gasteiger partial charge in [0.1, 0.15) is 0 Å². The minimum absolute atomic E-state index is 0.337. The van der Waals surface area contributed by atoms with E-state index in [2.05, 4.69) is 0 Å². The molecule has 0 bridgehead atoms. The second kappa shape index (κ2) is 2.25. The van der Waals surface area contributed by atoms with E-state index in [1.54, 1.807) is 0 Å².